The Labute approximate surface area is 101 Å². The number of ether oxygens (including phenoxy) is 1. The molecule has 0 radical (unpaired) electrons. The first-order valence-electron chi connectivity index (χ1n) is 5.55. The first-order valence-corrected chi connectivity index (χ1v) is 5.55. The first-order chi connectivity index (χ1) is 7.95. The highest BCUT2D eigenvalue weighted by molar-refractivity contribution is 5.77. The molecule has 0 aromatic heterocycles. The fourth-order valence-corrected chi connectivity index (χ4v) is 1.62. The number of carbonyl (C=O) groups excluding carboxylic acids is 1. The van der Waals surface area contributed by atoms with Crippen LogP contribution in [0, 0.1) is 12.7 Å². The lowest BCUT2D eigenvalue weighted by Crippen LogP contribution is -2.35. The maximum atomic E-state index is 13.7. The smallest absolute Gasteiger partial charge is 0.327 e. The second kappa shape index (κ2) is 5.77. The van der Waals surface area contributed by atoms with Crippen LogP contribution < -0.4 is 5.32 Å². The minimum atomic E-state index is -0.764. The largest absolute Gasteiger partial charge is 0.468 e. The molecule has 1 aromatic carbocycles. The van der Waals surface area contributed by atoms with Gasteiger partial charge >= 0.3 is 5.97 Å². The molecule has 0 fully saturated rings. The van der Waals surface area contributed by atoms with Crippen molar-refractivity contribution >= 4 is 5.97 Å². The summed E-state index contributed by atoms with van der Waals surface area (Å²) in [5, 5.41) is 3.00. The van der Waals surface area contributed by atoms with E-state index in [0.29, 0.717) is 5.56 Å². The Morgan fingerprint density at radius 1 is 1.41 bits per heavy atom. The fourth-order valence-electron chi connectivity index (χ4n) is 1.62. The molecule has 0 bridgehead atoms. The summed E-state index contributed by atoms with van der Waals surface area (Å²) in [6.07, 6.45) is 0. The summed E-state index contributed by atoms with van der Waals surface area (Å²) < 4.78 is 18.4. The van der Waals surface area contributed by atoms with Crippen molar-refractivity contribution in [1.29, 1.82) is 0 Å². The molecule has 0 heterocycles. The van der Waals surface area contributed by atoms with Crippen LogP contribution in [0.4, 0.5) is 4.39 Å². The number of benzene rings is 1. The predicted octanol–water partition coefficient (Wildman–Crippen LogP) is 2.35. The summed E-state index contributed by atoms with van der Waals surface area (Å²) in [5.74, 6) is -0.887. The quantitative estimate of drug-likeness (QED) is 0.820. The molecule has 0 spiro atoms. The van der Waals surface area contributed by atoms with Gasteiger partial charge in [0, 0.05) is 11.6 Å². The Kier molecular flexibility index (Phi) is 4.63. The molecule has 17 heavy (non-hydrogen) atoms. The maximum Gasteiger partial charge on any atom is 0.327 e. The molecule has 3 nitrogen and oxygen atoms in total. The van der Waals surface area contributed by atoms with E-state index in [1.807, 2.05) is 20.8 Å². The van der Waals surface area contributed by atoms with Gasteiger partial charge in [0.15, 0.2) is 0 Å². The molecule has 1 aromatic rings. The first kappa shape index (κ1) is 13.6. The number of carbonyl (C=O) groups is 1. The van der Waals surface area contributed by atoms with E-state index in [4.69, 9.17) is 4.74 Å². The van der Waals surface area contributed by atoms with Crippen LogP contribution in [0.25, 0.3) is 0 Å². The fraction of sp³-hybridized carbons (Fsp3) is 0.462. The zero-order valence-electron chi connectivity index (χ0n) is 10.6. The van der Waals surface area contributed by atoms with Crippen LogP contribution >= 0.6 is 0 Å². The third-order valence-electron chi connectivity index (χ3n) is 2.40. The van der Waals surface area contributed by atoms with E-state index >= 15 is 0 Å². The number of esters is 1. The lowest BCUT2D eigenvalue weighted by atomic mass is 10.0. The highest BCUT2D eigenvalue weighted by atomic mass is 19.1. The number of hydrogen-bond acceptors (Lipinski definition) is 3. The molecule has 0 aliphatic rings. The summed E-state index contributed by atoms with van der Waals surface area (Å²) in [6.45, 7) is 5.64. The van der Waals surface area contributed by atoms with E-state index in [1.54, 1.807) is 12.1 Å². The Balaban J connectivity index is 3.11. The highest BCUT2D eigenvalue weighted by Crippen LogP contribution is 2.20. The van der Waals surface area contributed by atoms with Crippen molar-refractivity contribution < 1.29 is 13.9 Å². The average molecular weight is 239 g/mol. The Morgan fingerprint density at radius 3 is 2.59 bits per heavy atom. The standard InChI is InChI=1S/C13H18FNO2/c1-8(2)15-12(13(16)17-4)10-7-9(3)5-6-11(10)14/h5-8,12,15H,1-4H3. The number of hydrogen-bond donors (Lipinski definition) is 1. The summed E-state index contributed by atoms with van der Waals surface area (Å²) in [7, 11) is 1.30. The summed E-state index contributed by atoms with van der Waals surface area (Å²) in [4.78, 5) is 11.7. The molecular formula is C13H18FNO2. The van der Waals surface area contributed by atoms with Crippen LogP contribution in [-0.4, -0.2) is 19.1 Å². The number of rotatable bonds is 4. The summed E-state index contributed by atoms with van der Waals surface area (Å²) >= 11 is 0. The van der Waals surface area contributed by atoms with Crippen molar-refractivity contribution in [3.8, 4) is 0 Å². The van der Waals surface area contributed by atoms with Gasteiger partial charge in [-0.1, -0.05) is 17.7 Å². The van der Waals surface area contributed by atoms with Crippen LogP contribution in [-0.2, 0) is 9.53 Å². The lowest BCUT2D eigenvalue weighted by Gasteiger charge is -2.20. The van der Waals surface area contributed by atoms with Crippen LogP contribution in [0.1, 0.15) is 31.0 Å². The minimum absolute atomic E-state index is 0.0546. The Hall–Kier alpha value is -1.42. The number of methoxy groups -OCH3 is 1. The van der Waals surface area contributed by atoms with Crippen LogP contribution in [0.5, 0.6) is 0 Å². The van der Waals surface area contributed by atoms with Gasteiger partial charge in [-0.2, -0.15) is 0 Å². The predicted molar refractivity (Wildman–Crippen MR) is 64.2 cm³/mol. The van der Waals surface area contributed by atoms with Gasteiger partial charge < -0.3 is 4.74 Å². The second-order valence-electron chi connectivity index (χ2n) is 4.30. The van der Waals surface area contributed by atoms with Crippen molar-refractivity contribution in [3.63, 3.8) is 0 Å². The second-order valence-corrected chi connectivity index (χ2v) is 4.30. The van der Waals surface area contributed by atoms with E-state index in [0.717, 1.165) is 5.56 Å². The van der Waals surface area contributed by atoms with Gasteiger partial charge in [-0.3, -0.25) is 5.32 Å². The number of aryl methyl sites for hydroxylation is 1. The van der Waals surface area contributed by atoms with Gasteiger partial charge in [0.2, 0.25) is 0 Å². The van der Waals surface area contributed by atoms with Crippen molar-refractivity contribution in [1.82, 2.24) is 5.32 Å². The van der Waals surface area contributed by atoms with Gasteiger partial charge in [-0.05, 0) is 26.8 Å². The summed E-state index contributed by atoms with van der Waals surface area (Å²) in [5.41, 5.74) is 1.23. The third-order valence-corrected chi connectivity index (χ3v) is 2.40. The molecule has 0 amide bonds. The van der Waals surface area contributed by atoms with Crippen LogP contribution in [0.15, 0.2) is 18.2 Å². The normalized spacial score (nSPS) is 12.6. The lowest BCUT2D eigenvalue weighted by molar-refractivity contribution is -0.143. The molecule has 1 rings (SSSR count). The van der Waals surface area contributed by atoms with Crippen LogP contribution in [0.2, 0.25) is 0 Å². The molecule has 4 heteroatoms. The molecular weight excluding hydrogens is 221 g/mol. The average Bonchev–Trinajstić information content (AvgIpc) is 2.28. The van der Waals surface area contributed by atoms with E-state index in [1.165, 1.54) is 13.2 Å². The van der Waals surface area contributed by atoms with E-state index in [2.05, 4.69) is 5.32 Å². The van der Waals surface area contributed by atoms with Gasteiger partial charge in [0.05, 0.1) is 7.11 Å². The van der Waals surface area contributed by atoms with Gasteiger partial charge in [-0.25, -0.2) is 9.18 Å². The molecule has 0 aliphatic heterocycles. The topological polar surface area (TPSA) is 38.3 Å². The van der Waals surface area contributed by atoms with Gasteiger partial charge in [-0.15, -0.1) is 0 Å². The SMILES string of the molecule is COC(=O)C(NC(C)C)c1cc(C)ccc1F. The molecule has 0 saturated heterocycles. The van der Waals surface area contributed by atoms with E-state index < -0.39 is 17.8 Å². The molecule has 94 valence electrons. The molecule has 0 aliphatic carbocycles. The highest BCUT2D eigenvalue weighted by Gasteiger charge is 2.24. The summed E-state index contributed by atoms with van der Waals surface area (Å²) in [6, 6.07) is 3.98. The Bertz CT molecular complexity index is 404. The van der Waals surface area contributed by atoms with Gasteiger partial charge in [0.25, 0.3) is 0 Å². The zero-order valence-corrected chi connectivity index (χ0v) is 10.6. The van der Waals surface area contributed by atoms with Crippen LogP contribution in [0.3, 0.4) is 0 Å². The molecule has 0 saturated carbocycles. The number of nitrogens with one attached hydrogen (secondary N) is 1. The van der Waals surface area contributed by atoms with E-state index in [9.17, 15) is 9.18 Å². The third kappa shape index (κ3) is 3.53. The number of halogens is 1. The molecule has 1 N–H and O–H groups in total. The van der Waals surface area contributed by atoms with Crippen molar-refractivity contribution in [2.24, 2.45) is 0 Å². The Morgan fingerprint density at radius 2 is 2.06 bits per heavy atom. The maximum absolute atomic E-state index is 13.7. The van der Waals surface area contributed by atoms with Crippen molar-refractivity contribution in [2.75, 3.05) is 7.11 Å². The van der Waals surface area contributed by atoms with Crippen molar-refractivity contribution in [2.45, 2.75) is 32.9 Å². The molecule has 1 atom stereocenters. The monoisotopic (exact) mass is 239 g/mol. The molecule has 1 unspecified atom stereocenters. The van der Waals surface area contributed by atoms with E-state index in [-0.39, 0.29) is 6.04 Å². The zero-order chi connectivity index (χ0) is 13.0. The van der Waals surface area contributed by atoms with Crippen molar-refractivity contribution in [3.05, 3.63) is 35.1 Å². The van der Waals surface area contributed by atoms with Gasteiger partial charge in [0.1, 0.15) is 11.9 Å². The minimum Gasteiger partial charge on any atom is -0.468 e.